The summed E-state index contributed by atoms with van der Waals surface area (Å²) in [5.74, 6) is 1.24. The predicted octanol–water partition coefficient (Wildman–Crippen LogP) is 4.30. The highest BCUT2D eigenvalue weighted by Gasteiger charge is 2.59. The van der Waals surface area contributed by atoms with Crippen molar-refractivity contribution in [2.75, 3.05) is 0 Å². The smallest absolute Gasteiger partial charge is 0.143 e. The predicted molar refractivity (Wildman–Crippen MR) is 78.4 cm³/mol. The molecule has 0 bridgehead atoms. The third-order valence-electron chi connectivity index (χ3n) is 5.39. The third kappa shape index (κ3) is 2.13. The van der Waals surface area contributed by atoms with Crippen LogP contribution in [0.2, 0.25) is 0 Å². The van der Waals surface area contributed by atoms with E-state index >= 15 is 0 Å². The Morgan fingerprint density at radius 1 is 1.21 bits per heavy atom. The Labute approximate surface area is 116 Å². The lowest BCUT2D eigenvalue weighted by atomic mass is 9.82. The Balaban J connectivity index is 1.81. The van der Waals surface area contributed by atoms with Crippen LogP contribution in [0, 0.1) is 32.1 Å². The van der Waals surface area contributed by atoms with Gasteiger partial charge in [0.25, 0.3) is 0 Å². The van der Waals surface area contributed by atoms with E-state index in [0.29, 0.717) is 12.2 Å². The average molecular weight is 256 g/mol. The average Bonchev–Trinajstić information content (AvgIpc) is 3.09. The van der Waals surface area contributed by atoms with E-state index in [1.54, 1.807) is 0 Å². The summed E-state index contributed by atoms with van der Waals surface area (Å²) in [5, 5.41) is 0. The molecule has 19 heavy (non-hydrogen) atoms. The van der Waals surface area contributed by atoms with E-state index in [1.807, 2.05) is 0 Å². The molecule has 2 unspecified atom stereocenters. The molecule has 1 nitrogen and oxygen atoms in total. The van der Waals surface area contributed by atoms with Crippen LogP contribution in [0.3, 0.4) is 0 Å². The number of Topliss-reactive ketones (excluding diaryl/α,β-unsaturated/α-hetero) is 1. The summed E-state index contributed by atoms with van der Waals surface area (Å²) in [6, 6.07) is 4.41. The molecule has 0 aromatic heterocycles. The van der Waals surface area contributed by atoms with Crippen LogP contribution in [0.1, 0.15) is 54.4 Å². The maximum absolute atomic E-state index is 12.7. The second-order valence-electron chi connectivity index (χ2n) is 6.78. The van der Waals surface area contributed by atoms with Gasteiger partial charge in [0.05, 0.1) is 0 Å². The topological polar surface area (TPSA) is 17.1 Å². The molecule has 0 aliphatic heterocycles. The first-order valence-electron chi connectivity index (χ1n) is 7.63. The summed E-state index contributed by atoms with van der Waals surface area (Å²) in [7, 11) is 0. The first-order valence-corrected chi connectivity index (χ1v) is 7.63. The molecule has 3 rings (SSSR count). The number of rotatable bonds is 3. The zero-order valence-corrected chi connectivity index (χ0v) is 12.4. The number of carbonyl (C=O) groups is 1. The molecule has 2 fully saturated rings. The van der Waals surface area contributed by atoms with E-state index in [4.69, 9.17) is 0 Å². The van der Waals surface area contributed by atoms with E-state index in [1.165, 1.54) is 47.9 Å². The highest BCUT2D eigenvalue weighted by atomic mass is 16.1. The van der Waals surface area contributed by atoms with Crippen molar-refractivity contribution < 1.29 is 4.79 Å². The molecule has 1 aromatic rings. The fourth-order valence-corrected chi connectivity index (χ4v) is 4.20. The minimum Gasteiger partial charge on any atom is -0.299 e. The summed E-state index contributed by atoms with van der Waals surface area (Å²) >= 11 is 0. The van der Waals surface area contributed by atoms with E-state index in [9.17, 15) is 4.79 Å². The van der Waals surface area contributed by atoms with E-state index in [0.717, 1.165) is 12.3 Å². The summed E-state index contributed by atoms with van der Waals surface area (Å²) < 4.78 is 0. The SMILES string of the molecule is Cc1cc(C)c(CC(=O)C23CCCCC2C3)c(C)c1. The van der Waals surface area contributed by atoms with Crippen LogP contribution < -0.4 is 0 Å². The van der Waals surface area contributed by atoms with Crippen molar-refractivity contribution in [2.24, 2.45) is 11.3 Å². The number of hydrogen-bond acceptors (Lipinski definition) is 1. The second kappa shape index (κ2) is 4.47. The van der Waals surface area contributed by atoms with Gasteiger partial charge in [-0.1, -0.05) is 30.5 Å². The van der Waals surface area contributed by atoms with Crippen LogP contribution in [-0.4, -0.2) is 5.78 Å². The monoisotopic (exact) mass is 256 g/mol. The van der Waals surface area contributed by atoms with Gasteiger partial charge in [0.15, 0.2) is 0 Å². The molecule has 2 aliphatic carbocycles. The molecule has 0 amide bonds. The van der Waals surface area contributed by atoms with Gasteiger partial charge in [-0.3, -0.25) is 4.79 Å². The van der Waals surface area contributed by atoms with Gasteiger partial charge >= 0.3 is 0 Å². The minimum absolute atomic E-state index is 0.0992. The first kappa shape index (κ1) is 12.9. The van der Waals surface area contributed by atoms with Crippen molar-refractivity contribution in [1.29, 1.82) is 0 Å². The number of benzene rings is 1. The number of fused-ring (bicyclic) bond motifs is 1. The van der Waals surface area contributed by atoms with Crippen molar-refractivity contribution in [2.45, 2.75) is 59.3 Å². The molecule has 0 spiro atoms. The summed E-state index contributed by atoms with van der Waals surface area (Å²) in [4.78, 5) is 12.7. The molecular formula is C18H24O. The lowest BCUT2D eigenvalue weighted by Gasteiger charge is -2.21. The van der Waals surface area contributed by atoms with Gasteiger partial charge in [0, 0.05) is 11.8 Å². The number of hydrogen-bond donors (Lipinski definition) is 0. The lowest BCUT2D eigenvalue weighted by Crippen LogP contribution is -2.23. The highest BCUT2D eigenvalue weighted by Crippen LogP contribution is 2.62. The number of carbonyl (C=O) groups excluding carboxylic acids is 1. The van der Waals surface area contributed by atoms with E-state index < -0.39 is 0 Å². The standard InChI is InChI=1S/C18H24O/c1-12-8-13(2)16(14(3)9-12)10-17(19)18-7-5-4-6-15(18)11-18/h8-9,15H,4-7,10-11H2,1-3H3. The van der Waals surface area contributed by atoms with Crippen molar-refractivity contribution in [3.05, 3.63) is 34.4 Å². The fourth-order valence-electron chi connectivity index (χ4n) is 4.20. The van der Waals surface area contributed by atoms with Gasteiger partial charge in [-0.15, -0.1) is 0 Å². The van der Waals surface area contributed by atoms with Gasteiger partial charge in [0.1, 0.15) is 5.78 Å². The first-order chi connectivity index (χ1) is 9.03. The Hall–Kier alpha value is -1.11. The molecule has 102 valence electrons. The summed E-state index contributed by atoms with van der Waals surface area (Å²) in [5.41, 5.74) is 5.25. The van der Waals surface area contributed by atoms with Gasteiger partial charge < -0.3 is 0 Å². The zero-order chi connectivity index (χ0) is 13.6. The van der Waals surface area contributed by atoms with Crippen LogP contribution in [0.15, 0.2) is 12.1 Å². The molecule has 2 aliphatic rings. The van der Waals surface area contributed by atoms with Gasteiger partial charge in [0.2, 0.25) is 0 Å². The fraction of sp³-hybridized carbons (Fsp3) is 0.611. The third-order valence-corrected chi connectivity index (χ3v) is 5.39. The Morgan fingerprint density at radius 3 is 2.53 bits per heavy atom. The Morgan fingerprint density at radius 2 is 1.89 bits per heavy atom. The number of ketones is 1. The molecule has 0 radical (unpaired) electrons. The molecule has 1 heteroatoms. The molecule has 0 heterocycles. The lowest BCUT2D eigenvalue weighted by molar-refractivity contribution is -0.124. The van der Waals surface area contributed by atoms with E-state index in [-0.39, 0.29) is 5.41 Å². The van der Waals surface area contributed by atoms with Crippen LogP contribution in [0.5, 0.6) is 0 Å². The summed E-state index contributed by atoms with van der Waals surface area (Å²) in [6.07, 6.45) is 6.87. The zero-order valence-electron chi connectivity index (χ0n) is 12.4. The van der Waals surface area contributed by atoms with Crippen LogP contribution in [0.25, 0.3) is 0 Å². The quantitative estimate of drug-likeness (QED) is 0.788. The van der Waals surface area contributed by atoms with Crippen LogP contribution in [-0.2, 0) is 11.2 Å². The van der Waals surface area contributed by atoms with Gasteiger partial charge in [-0.05, 0) is 62.6 Å². The minimum atomic E-state index is 0.0992. The molecule has 0 saturated heterocycles. The van der Waals surface area contributed by atoms with Gasteiger partial charge in [-0.2, -0.15) is 0 Å². The molecule has 1 aromatic carbocycles. The largest absolute Gasteiger partial charge is 0.299 e. The number of aryl methyl sites for hydroxylation is 3. The maximum atomic E-state index is 12.7. The Bertz CT molecular complexity index is 505. The van der Waals surface area contributed by atoms with Crippen molar-refractivity contribution >= 4 is 5.78 Å². The van der Waals surface area contributed by atoms with Crippen molar-refractivity contribution in [3.63, 3.8) is 0 Å². The maximum Gasteiger partial charge on any atom is 0.143 e. The Kier molecular flexibility index (Phi) is 3.03. The molecular weight excluding hydrogens is 232 g/mol. The molecule has 0 N–H and O–H groups in total. The summed E-state index contributed by atoms with van der Waals surface area (Å²) in [6.45, 7) is 6.42. The van der Waals surface area contributed by atoms with E-state index in [2.05, 4.69) is 32.9 Å². The molecule has 2 saturated carbocycles. The van der Waals surface area contributed by atoms with Crippen molar-refractivity contribution in [3.8, 4) is 0 Å². The highest BCUT2D eigenvalue weighted by molar-refractivity contribution is 5.90. The second-order valence-corrected chi connectivity index (χ2v) is 6.78. The van der Waals surface area contributed by atoms with Crippen LogP contribution in [0.4, 0.5) is 0 Å². The normalized spacial score (nSPS) is 28.9. The molecule has 2 atom stereocenters. The van der Waals surface area contributed by atoms with Crippen LogP contribution >= 0.6 is 0 Å². The van der Waals surface area contributed by atoms with Crippen molar-refractivity contribution in [1.82, 2.24) is 0 Å². The van der Waals surface area contributed by atoms with Gasteiger partial charge in [-0.25, -0.2) is 0 Å².